The summed E-state index contributed by atoms with van der Waals surface area (Å²) >= 11 is 0. The Hall–Kier alpha value is -2.16. The topological polar surface area (TPSA) is 29.7 Å². The van der Waals surface area contributed by atoms with Crippen molar-refractivity contribution >= 4 is 17.3 Å². The van der Waals surface area contributed by atoms with Gasteiger partial charge in [0.05, 0.1) is 0 Å². The maximum Gasteiger partial charge on any atom is 0.0181 e. The van der Waals surface area contributed by atoms with E-state index in [2.05, 4.69) is 88.4 Å². The van der Waals surface area contributed by atoms with Crippen LogP contribution in [-0.2, 0) is 20.1 Å². The van der Waals surface area contributed by atoms with Crippen LogP contribution >= 0.6 is 0 Å². The molecule has 0 aromatic heterocycles. The first-order valence-electron chi connectivity index (χ1n) is 10.8. The average molecular weight is 595 g/mol. The minimum Gasteiger partial charge on any atom is -0.432 e. The van der Waals surface area contributed by atoms with E-state index in [1.54, 1.807) is 0 Å². The van der Waals surface area contributed by atoms with Crippen LogP contribution < -0.4 is 0 Å². The van der Waals surface area contributed by atoms with E-state index in [-0.39, 0.29) is 20.1 Å². The number of rotatable bonds is 2. The molecule has 169 valence electrons. The number of aliphatic imine (C=N–C) groups is 1. The predicted octanol–water partition coefficient (Wildman–Crippen LogP) is 7.85. The van der Waals surface area contributed by atoms with Crippen molar-refractivity contribution < 1.29 is 20.1 Å². The van der Waals surface area contributed by atoms with Crippen molar-refractivity contribution in [2.75, 3.05) is 14.1 Å². The molecule has 2 aromatic rings. The number of hydrogen-bond donors (Lipinski definition) is 0. The van der Waals surface area contributed by atoms with Gasteiger partial charge >= 0.3 is 0 Å². The van der Waals surface area contributed by atoms with E-state index < -0.39 is 0 Å². The number of aryl methyl sites for hydroxylation is 4. The molecule has 0 aliphatic heterocycles. The Bertz CT molecular complexity index is 844. The van der Waals surface area contributed by atoms with E-state index in [0.717, 1.165) is 39.6 Å². The summed E-state index contributed by atoms with van der Waals surface area (Å²) in [6.07, 6.45) is 14.0. The fourth-order valence-electron chi connectivity index (χ4n) is 3.25. The van der Waals surface area contributed by atoms with Gasteiger partial charge < -0.3 is 15.2 Å². The minimum atomic E-state index is 0. The Labute approximate surface area is 202 Å². The molecule has 4 heteroatoms. The van der Waals surface area contributed by atoms with Gasteiger partial charge in [-0.15, -0.1) is 0 Å². The Kier molecular flexibility index (Phi) is 12.1. The molecular weight excluding hydrogens is 559 g/mol. The third kappa shape index (κ3) is 8.85. The van der Waals surface area contributed by atoms with Gasteiger partial charge in [0.2, 0.25) is 0 Å². The molecule has 1 aliphatic rings. The number of benzene rings is 2. The van der Waals surface area contributed by atoms with Crippen LogP contribution in [0.15, 0.2) is 65.7 Å². The molecule has 0 amide bonds. The molecule has 0 fully saturated rings. The SMILES string of the molecule is C1=C\CC/C=C\CC/1.Cc1cccc(C)c1N=C([N-]c1c(C)cccc1C)N(C)C.[Ir]. The molecule has 3 rings (SSSR count). The summed E-state index contributed by atoms with van der Waals surface area (Å²) in [5.41, 5.74) is 6.65. The van der Waals surface area contributed by atoms with Gasteiger partial charge in [0.25, 0.3) is 0 Å². The van der Waals surface area contributed by atoms with E-state index in [1.807, 2.05) is 19.0 Å². The van der Waals surface area contributed by atoms with E-state index in [4.69, 9.17) is 10.3 Å². The minimum absolute atomic E-state index is 0. The molecule has 0 atom stereocenters. The van der Waals surface area contributed by atoms with Crippen LogP contribution in [0.3, 0.4) is 0 Å². The van der Waals surface area contributed by atoms with Gasteiger partial charge in [0, 0.05) is 26.1 Å². The molecule has 0 spiro atoms. The van der Waals surface area contributed by atoms with Gasteiger partial charge in [0.1, 0.15) is 0 Å². The van der Waals surface area contributed by atoms with Crippen molar-refractivity contribution in [3.8, 4) is 0 Å². The second-order valence-electron chi connectivity index (χ2n) is 8.00. The molecule has 0 N–H and O–H groups in total. The fraction of sp³-hybridized carbons (Fsp3) is 0.370. The first-order chi connectivity index (χ1) is 14.4. The molecule has 1 aliphatic carbocycles. The Balaban J connectivity index is 0.000000450. The summed E-state index contributed by atoms with van der Waals surface area (Å²) in [5.74, 6) is 0.717. The Morgan fingerprint density at radius 1 is 0.710 bits per heavy atom. The molecule has 2 aromatic carbocycles. The van der Waals surface area contributed by atoms with E-state index in [0.29, 0.717) is 0 Å². The first kappa shape index (κ1) is 26.9. The van der Waals surface area contributed by atoms with Crippen molar-refractivity contribution in [2.45, 2.75) is 53.4 Å². The molecule has 0 heterocycles. The molecule has 1 radical (unpaired) electrons. The van der Waals surface area contributed by atoms with Crippen LogP contribution in [0.2, 0.25) is 0 Å². The number of para-hydroxylation sites is 2. The Morgan fingerprint density at radius 2 is 1.10 bits per heavy atom. The third-order valence-corrected chi connectivity index (χ3v) is 5.04. The van der Waals surface area contributed by atoms with Crippen molar-refractivity contribution in [2.24, 2.45) is 4.99 Å². The Morgan fingerprint density at radius 3 is 1.48 bits per heavy atom. The average Bonchev–Trinajstić information content (AvgIpc) is 2.66. The van der Waals surface area contributed by atoms with Crippen molar-refractivity contribution in [3.63, 3.8) is 0 Å². The van der Waals surface area contributed by atoms with Gasteiger partial charge in [0.15, 0.2) is 0 Å². The van der Waals surface area contributed by atoms with Gasteiger partial charge in [-0.25, -0.2) is 0 Å². The van der Waals surface area contributed by atoms with Crippen LogP contribution in [-0.4, -0.2) is 25.0 Å². The van der Waals surface area contributed by atoms with E-state index >= 15 is 0 Å². The fourth-order valence-corrected chi connectivity index (χ4v) is 3.25. The molecule has 31 heavy (non-hydrogen) atoms. The molecule has 0 unspecified atom stereocenters. The smallest absolute Gasteiger partial charge is 0.0181 e. The van der Waals surface area contributed by atoms with E-state index in [9.17, 15) is 0 Å². The van der Waals surface area contributed by atoms with Crippen LogP contribution in [0.1, 0.15) is 47.9 Å². The summed E-state index contributed by atoms with van der Waals surface area (Å²) < 4.78 is 0. The van der Waals surface area contributed by atoms with Crippen molar-refractivity contribution in [1.29, 1.82) is 0 Å². The monoisotopic (exact) mass is 595 g/mol. The summed E-state index contributed by atoms with van der Waals surface area (Å²) in [5, 5.41) is 4.81. The standard InChI is InChI=1S/C19H24N3.C8H12.Ir/c1-13-9-7-10-14(2)17(13)20-19(22(5)6)21-18-15(3)11-8-12-16(18)4;1-2-4-6-8-7-5-3-1;/h7-12H,1-6H3;1-2,7-8H,3-6H2;/q-1;;/b;2-1-,8-7-;. The third-order valence-electron chi connectivity index (χ3n) is 5.04. The zero-order valence-corrected chi connectivity index (χ0v) is 22.2. The molecule has 0 bridgehead atoms. The molecular formula is C27H36IrN3-. The molecule has 3 nitrogen and oxygen atoms in total. The maximum absolute atomic E-state index is 4.81. The number of allylic oxidation sites excluding steroid dienone is 4. The van der Waals surface area contributed by atoms with Crippen LogP contribution in [0, 0.1) is 27.7 Å². The predicted molar refractivity (Wildman–Crippen MR) is 132 cm³/mol. The summed E-state index contributed by atoms with van der Waals surface area (Å²) in [6, 6.07) is 12.4. The van der Waals surface area contributed by atoms with E-state index in [1.165, 1.54) is 25.7 Å². The number of hydrogen-bond acceptors (Lipinski definition) is 1. The molecule has 0 saturated heterocycles. The van der Waals surface area contributed by atoms with Gasteiger partial charge in [-0.05, 0) is 101 Å². The van der Waals surface area contributed by atoms with Gasteiger partial charge in [-0.1, -0.05) is 60.7 Å². The van der Waals surface area contributed by atoms with Gasteiger partial charge in [-0.2, -0.15) is 0 Å². The quantitative estimate of drug-likeness (QED) is 0.198. The number of nitrogens with zero attached hydrogens (tertiary/aromatic N) is 3. The summed E-state index contributed by atoms with van der Waals surface area (Å²) in [4.78, 5) is 6.77. The maximum atomic E-state index is 4.81. The largest absolute Gasteiger partial charge is 0.432 e. The number of guanidine groups is 1. The van der Waals surface area contributed by atoms with Crippen LogP contribution in [0.4, 0.5) is 11.4 Å². The van der Waals surface area contributed by atoms with Crippen molar-refractivity contribution in [1.82, 2.24) is 4.90 Å². The zero-order valence-electron chi connectivity index (χ0n) is 19.8. The molecule has 0 saturated carbocycles. The summed E-state index contributed by atoms with van der Waals surface area (Å²) in [6.45, 7) is 8.33. The first-order valence-corrected chi connectivity index (χ1v) is 10.8. The van der Waals surface area contributed by atoms with Crippen molar-refractivity contribution in [3.05, 3.63) is 88.3 Å². The van der Waals surface area contributed by atoms with Gasteiger partial charge in [-0.3, -0.25) is 0 Å². The summed E-state index contributed by atoms with van der Waals surface area (Å²) in [7, 11) is 3.95. The van der Waals surface area contributed by atoms with Crippen LogP contribution in [0.5, 0.6) is 0 Å². The zero-order chi connectivity index (χ0) is 21.9. The second kappa shape index (κ2) is 14.0. The normalized spacial score (nSPS) is 15.4. The second-order valence-corrected chi connectivity index (χ2v) is 8.00. The van der Waals surface area contributed by atoms with Crippen LogP contribution in [0.25, 0.3) is 5.32 Å².